The number of carboxylic acids is 1. The van der Waals surface area contributed by atoms with Gasteiger partial charge in [0.2, 0.25) is 5.95 Å². The lowest BCUT2D eigenvalue weighted by Crippen LogP contribution is -2.37. The van der Waals surface area contributed by atoms with Crippen LogP contribution in [0.1, 0.15) is 83.9 Å². The van der Waals surface area contributed by atoms with Gasteiger partial charge in [-0.25, -0.2) is 9.97 Å². The third kappa shape index (κ3) is 7.54. The number of aromatic amines is 1. The number of carbonyl (C=O) groups is 2. The van der Waals surface area contributed by atoms with Crippen molar-refractivity contribution in [3.8, 4) is 11.3 Å². The largest absolute Gasteiger partial charge is 0.481 e. The molecular formula is C36H41F3N8O4. The third-order valence-corrected chi connectivity index (χ3v) is 10.3. The molecule has 51 heavy (non-hydrogen) atoms. The highest BCUT2D eigenvalue weighted by atomic mass is 19.4. The molecule has 270 valence electrons. The van der Waals surface area contributed by atoms with Crippen molar-refractivity contribution in [1.29, 1.82) is 0 Å². The number of nitrogens with zero attached hydrogens (tertiary/aromatic N) is 6. The van der Waals surface area contributed by atoms with E-state index in [4.69, 9.17) is 9.84 Å². The molecule has 0 atom stereocenters. The Kier molecular flexibility index (Phi) is 9.44. The van der Waals surface area contributed by atoms with Crippen molar-refractivity contribution in [3.63, 3.8) is 0 Å². The van der Waals surface area contributed by atoms with E-state index in [9.17, 15) is 22.8 Å². The highest BCUT2D eigenvalue weighted by Crippen LogP contribution is 2.46. The maximum Gasteiger partial charge on any atom is 0.418 e. The van der Waals surface area contributed by atoms with Gasteiger partial charge in [-0.05, 0) is 49.4 Å². The predicted molar refractivity (Wildman–Crippen MR) is 184 cm³/mol. The van der Waals surface area contributed by atoms with E-state index >= 15 is 0 Å². The van der Waals surface area contributed by atoms with E-state index in [1.807, 2.05) is 18.0 Å². The summed E-state index contributed by atoms with van der Waals surface area (Å²) in [6.07, 6.45) is 3.07. The first-order chi connectivity index (χ1) is 24.4. The van der Waals surface area contributed by atoms with Gasteiger partial charge in [-0.3, -0.25) is 24.8 Å². The highest BCUT2D eigenvalue weighted by Gasteiger charge is 2.40. The Labute approximate surface area is 292 Å². The summed E-state index contributed by atoms with van der Waals surface area (Å²) in [5.74, 6) is -1.39. The van der Waals surface area contributed by atoms with Crippen LogP contribution < -0.4 is 10.2 Å². The van der Waals surface area contributed by atoms with E-state index in [1.165, 1.54) is 6.20 Å². The first-order valence-corrected chi connectivity index (χ1v) is 17.3. The second kappa shape index (κ2) is 13.8. The van der Waals surface area contributed by atoms with E-state index in [0.29, 0.717) is 63.3 Å². The zero-order chi connectivity index (χ0) is 35.9. The summed E-state index contributed by atoms with van der Waals surface area (Å²) in [7, 11) is 3.63. The van der Waals surface area contributed by atoms with Crippen molar-refractivity contribution < 1.29 is 32.6 Å². The van der Waals surface area contributed by atoms with Crippen molar-refractivity contribution >= 4 is 34.7 Å². The monoisotopic (exact) mass is 706 g/mol. The number of rotatable bonds is 12. The second-order valence-electron chi connectivity index (χ2n) is 14.2. The van der Waals surface area contributed by atoms with Crippen LogP contribution in [0.4, 0.5) is 24.8 Å². The number of aliphatic carboxylic acids is 1. The van der Waals surface area contributed by atoms with Crippen LogP contribution in [0.15, 0.2) is 30.5 Å². The molecule has 0 aromatic carbocycles. The van der Waals surface area contributed by atoms with Crippen LogP contribution in [0, 0.1) is 5.41 Å². The number of hydrogen-bond acceptors (Lipinski definition) is 9. The number of ether oxygens (including phenoxy) is 1. The fourth-order valence-electron chi connectivity index (χ4n) is 7.59. The number of anilines is 2. The molecule has 12 nitrogen and oxygen atoms in total. The van der Waals surface area contributed by atoms with Gasteiger partial charge in [0.25, 0.3) is 5.91 Å². The smallest absolute Gasteiger partial charge is 0.418 e. The Morgan fingerprint density at radius 2 is 1.94 bits per heavy atom. The zero-order valence-corrected chi connectivity index (χ0v) is 28.6. The van der Waals surface area contributed by atoms with Crippen LogP contribution in [0.5, 0.6) is 0 Å². The predicted octanol–water partition coefficient (Wildman–Crippen LogP) is 6.04. The van der Waals surface area contributed by atoms with E-state index < -0.39 is 23.6 Å². The molecule has 2 saturated carbocycles. The zero-order valence-electron chi connectivity index (χ0n) is 28.6. The van der Waals surface area contributed by atoms with Gasteiger partial charge in [0.05, 0.1) is 35.7 Å². The highest BCUT2D eigenvalue weighted by molar-refractivity contribution is 6.03. The van der Waals surface area contributed by atoms with Crippen molar-refractivity contribution in [2.24, 2.45) is 5.41 Å². The number of aromatic nitrogens is 5. The molecule has 0 bridgehead atoms. The first kappa shape index (κ1) is 34.8. The molecule has 0 radical (unpaired) electrons. The van der Waals surface area contributed by atoms with Crippen LogP contribution in [0.3, 0.4) is 0 Å². The van der Waals surface area contributed by atoms with Crippen molar-refractivity contribution in [2.75, 3.05) is 50.6 Å². The maximum absolute atomic E-state index is 14.2. The van der Waals surface area contributed by atoms with Crippen LogP contribution in [0.25, 0.3) is 22.4 Å². The van der Waals surface area contributed by atoms with Gasteiger partial charge in [-0.2, -0.15) is 18.2 Å². The summed E-state index contributed by atoms with van der Waals surface area (Å²) < 4.78 is 48.2. The molecule has 0 unspecified atom stereocenters. The van der Waals surface area contributed by atoms with E-state index in [0.717, 1.165) is 43.0 Å². The number of alkyl halides is 3. The molecule has 15 heteroatoms. The molecule has 3 aliphatic rings. The topological polar surface area (TPSA) is 149 Å². The number of amides is 1. The molecule has 2 aliphatic carbocycles. The summed E-state index contributed by atoms with van der Waals surface area (Å²) in [6.45, 7) is 2.86. The molecule has 0 spiro atoms. The van der Waals surface area contributed by atoms with Gasteiger partial charge < -0.3 is 19.7 Å². The van der Waals surface area contributed by atoms with Crippen LogP contribution in [-0.4, -0.2) is 87.2 Å². The first-order valence-electron chi connectivity index (χ1n) is 17.3. The Hall–Kier alpha value is -4.63. The number of nitrogens with one attached hydrogen (secondary N) is 2. The lowest BCUT2D eigenvalue weighted by atomic mass is 9.86. The fraction of sp³-hybridized carbons (Fsp3) is 0.500. The number of fused-ring (bicyclic) bond motifs is 2. The number of carboxylic acid groups (broad SMARTS) is 1. The summed E-state index contributed by atoms with van der Waals surface area (Å²) in [4.78, 5) is 49.8. The number of carbonyl (C=O) groups excluding carboxylic acids is 1. The lowest BCUT2D eigenvalue weighted by molar-refractivity contribution is -0.139. The van der Waals surface area contributed by atoms with E-state index in [-0.39, 0.29) is 52.0 Å². The fourth-order valence-corrected chi connectivity index (χ4v) is 7.59. The van der Waals surface area contributed by atoms with E-state index in [1.54, 1.807) is 19.2 Å². The van der Waals surface area contributed by atoms with Crippen molar-refractivity contribution in [3.05, 3.63) is 58.7 Å². The summed E-state index contributed by atoms with van der Waals surface area (Å²) in [5, 5.41) is 11.8. The molecule has 7 rings (SSSR count). The standard InChI is InChI=1S/C36H41F3N8O4/c1-46(19-35(20-51-2)11-3-4-12-35)28-16-27(23-15-24(36(37,38)39)30(40-17-23)21-5-6-21)42-32-31(28)43-34(44-32)45-33(50)26-8-7-22-18-47(14-10-29(48)49)13-9-25(22)41-26/h7-8,15-17,21H,3-6,9-14,18-20H2,1-2H3,(H,48,49)(H2,42,43,44,45,50). The maximum atomic E-state index is 14.2. The summed E-state index contributed by atoms with van der Waals surface area (Å²) in [6, 6.07) is 6.34. The summed E-state index contributed by atoms with van der Waals surface area (Å²) >= 11 is 0. The number of halogens is 3. The number of pyridine rings is 3. The van der Waals surface area contributed by atoms with Crippen LogP contribution >= 0.6 is 0 Å². The van der Waals surface area contributed by atoms with Gasteiger partial charge in [-0.15, -0.1) is 0 Å². The quantitative estimate of drug-likeness (QED) is 0.159. The van der Waals surface area contributed by atoms with Gasteiger partial charge in [0, 0.05) is 75.5 Å². The Balaban J connectivity index is 1.20. The van der Waals surface area contributed by atoms with Gasteiger partial charge in [0.15, 0.2) is 5.65 Å². The molecular weight excluding hydrogens is 665 g/mol. The molecule has 5 heterocycles. The van der Waals surface area contributed by atoms with Gasteiger partial charge in [-0.1, -0.05) is 18.9 Å². The lowest BCUT2D eigenvalue weighted by Gasteiger charge is -2.34. The van der Waals surface area contributed by atoms with Crippen LogP contribution in [-0.2, 0) is 28.7 Å². The molecule has 4 aromatic heterocycles. The molecule has 1 aliphatic heterocycles. The normalized spacial score (nSPS) is 17.4. The van der Waals surface area contributed by atoms with Gasteiger partial charge in [0.1, 0.15) is 11.2 Å². The number of methoxy groups -OCH3 is 1. The van der Waals surface area contributed by atoms with Gasteiger partial charge >= 0.3 is 12.1 Å². The van der Waals surface area contributed by atoms with E-state index in [2.05, 4.69) is 35.1 Å². The molecule has 4 aromatic rings. The average Bonchev–Trinajstić information content (AvgIpc) is 3.72. The number of hydrogen-bond donors (Lipinski definition) is 3. The minimum absolute atomic E-state index is 0.0564. The summed E-state index contributed by atoms with van der Waals surface area (Å²) in [5.41, 5.74) is 3.11. The molecule has 1 amide bonds. The van der Waals surface area contributed by atoms with Crippen molar-refractivity contribution in [2.45, 2.75) is 70.0 Å². The van der Waals surface area contributed by atoms with Crippen molar-refractivity contribution in [1.82, 2.24) is 29.8 Å². The number of H-pyrrole nitrogens is 1. The minimum atomic E-state index is -4.56. The van der Waals surface area contributed by atoms with Crippen LogP contribution in [0.2, 0.25) is 0 Å². The Morgan fingerprint density at radius 1 is 1.16 bits per heavy atom. The number of imidazole rings is 1. The Bertz CT molecular complexity index is 1950. The second-order valence-corrected chi connectivity index (χ2v) is 14.2. The molecule has 0 saturated heterocycles. The SMILES string of the molecule is COCC1(CN(C)c2cc(-c3cnc(C4CC4)c(C(F)(F)F)c3)nc3nc(NC(=O)c4ccc5c(n4)CCN(CCC(=O)O)C5)[nH]c23)CCCC1. The molecule has 3 N–H and O–H groups in total. The average molecular weight is 707 g/mol. The molecule has 2 fully saturated rings. The minimum Gasteiger partial charge on any atom is -0.481 e. The third-order valence-electron chi connectivity index (χ3n) is 10.3. The Morgan fingerprint density at radius 3 is 2.65 bits per heavy atom.